The van der Waals surface area contributed by atoms with Crippen molar-refractivity contribution in [3.8, 4) is 0 Å². The summed E-state index contributed by atoms with van der Waals surface area (Å²) in [6.07, 6.45) is -0.835. The summed E-state index contributed by atoms with van der Waals surface area (Å²) in [7, 11) is 0. The van der Waals surface area contributed by atoms with Crippen molar-refractivity contribution in [2.45, 2.75) is 31.8 Å². The summed E-state index contributed by atoms with van der Waals surface area (Å²) < 4.78 is 28.3. The fourth-order valence-electron chi connectivity index (χ4n) is 2.93. The second-order valence-electron chi connectivity index (χ2n) is 5.08. The van der Waals surface area contributed by atoms with Gasteiger partial charge in [0, 0.05) is 19.0 Å². The van der Waals surface area contributed by atoms with Crippen LogP contribution in [0.5, 0.6) is 0 Å². The number of carbonyl (C=O) groups is 1. The van der Waals surface area contributed by atoms with Crippen LogP contribution < -0.4 is 0 Å². The van der Waals surface area contributed by atoms with Crippen molar-refractivity contribution in [2.24, 2.45) is 11.8 Å². The van der Waals surface area contributed by atoms with Gasteiger partial charge in [0.2, 0.25) is 5.91 Å². The molecule has 1 amide bonds. The fourth-order valence-corrected chi connectivity index (χ4v) is 2.93. The van der Waals surface area contributed by atoms with Crippen molar-refractivity contribution in [1.82, 2.24) is 4.90 Å². The standard InChI is InChI=1S/C12H19F2NO3/c13-11(14)7-18-4-3-12(17)15-5-8-1-2-10(16)9(8)6-15/h8-11,16H,1-7H2. The first-order valence-corrected chi connectivity index (χ1v) is 6.39. The first-order chi connectivity index (χ1) is 8.58. The Labute approximate surface area is 105 Å². The molecule has 1 aliphatic heterocycles. The first-order valence-electron chi connectivity index (χ1n) is 6.39. The van der Waals surface area contributed by atoms with E-state index in [1.54, 1.807) is 4.90 Å². The molecule has 1 N–H and O–H groups in total. The normalized spacial score (nSPS) is 31.1. The summed E-state index contributed by atoms with van der Waals surface area (Å²) in [4.78, 5) is 13.5. The van der Waals surface area contributed by atoms with Crippen LogP contribution in [0.15, 0.2) is 0 Å². The molecular weight excluding hydrogens is 244 g/mol. The largest absolute Gasteiger partial charge is 0.393 e. The van der Waals surface area contributed by atoms with Crippen molar-refractivity contribution in [3.05, 3.63) is 0 Å². The molecule has 2 rings (SSSR count). The van der Waals surface area contributed by atoms with Crippen molar-refractivity contribution in [2.75, 3.05) is 26.3 Å². The third-order valence-corrected chi connectivity index (χ3v) is 3.88. The second kappa shape index (κ2) is 5.93. The molecule has 4 nitrogen and oxygen atoms in total. The quantitative estimate of drug-likeness (QED) is 0.749. The summed E-state index contributed by atoms with van der Waals surface area (Å²) in [6.45, 7) is 0.712. The number of halogens is 2. The lowest BCUT2D eigenvalue weighted by atomic mass is 10.00. The summed E-state index contributed by atoms with van der Waals surface area (Å²) in [5.74, 6) is 0.549. The van der Waals surface area contributed by atoms with Gasteiger partial charge in [-0.2, -0.15) is 0 Å². The molecule has 3 atom stereocenters. The lowest BCUT2D eigenvalue weighted by Crippen LogP contribution is -2.31. The van der Waals surface area contributed by atoms with E-state index in [-0.39, 0.29) is 31.0 Å². The Morgan fingerprint density at radius 2 is 2.17 bits per heavy atom. The van der Waals surface area contributed by atoms with Crippen LogP contribution in [-0.2, 0) is 9.53 Å². The monoisotopic (exact) mass is 263 g/mol. The number of rotatable bonds is 5. The molecule has 2 aliphatic rings. The van der Waals surface area contributed by atoms with E-state index in [0.717, 1.165) is 12.8 Å². The molecule has 3 unspecified atom stereocenters. The predicted molar refractivity (Wildman–Crippen MR) is 60.2 cm³/mol. The number of aliphatic hydroxyl groups excluding tert-OH is 1. The molecule has 0 aromatic carbocycles. The van der Waals surface area contributed by atoms with E-state index in [1.807, 2.05) is 0 Å². The van der Waals surface area contributed by atoms with Crippen molar-refractivity contribution >= 4 is 5.91 Å². The number of hydrogen-bond acceptors (Lipinski definition) is 3. The number of hydrogen-bond donors (Lipinski definition) is 1. The second-order valence-corrected chi connectivity index (χ2v) is 5.08. The van der Waals surface area contributed by atoms with E-state index < -0.39 is 13.0 Å². The van der Waals surface area contributed by atoms with Gasteiger partial charge in [0.15, 0.2) is 0 Å². The minimum Gasteiger partial charge on any atom is -0.393 e. The maximum atomic E-state index is 11.8. The van der Waals surface area contributed by atoms with Gasteiger partial charge < -0.3 is 14.7 Å². The average molecular weight is 263 g/mol. The Morgan fingerprint density at radius 3 is 2.83 bits per heavy atom. The first kappa shape index (κ1) is 13.7. The van der Waals surface area contributed by atoms with Crippen LogP contribution in [0.1, 0.15) is 19.3 Å². The van der Waals surface area contributed by atoms with Crippen molar-refractivity contribution < 1.29 is 23.4 Å². The van der Waals surface area contributed by atoms with E-state index in [9.17, 15) is 18.7 Å². The molecule has 104 valence electrons. The average Bonchev–Trinajstić information content (AvgIpc) is 2.87. The topological polar surface area (TPSA) is 49.8 Å². The summed E-state index contributed by atoms with van der Waals surface area (Å²) in [5, 5.41) is 9.73. The van der Waals surface area contributed by atoms with Crippen LogP contribution >= 0.6 is 0 Å². The highest BCUT2D eigenvalue weighted by atomic mass is 19.3. The number of amides is 1. The molecule has 18 heavy (non-hydrogen) atoms. The highest BCUT2D eigenvalue weighted by Crippen LogP contribution is 2.38. The smallest absolute Gasteiger partial charge is 0.261 e. The zero-order valence-corrected chi connectivity index (χ0v) is 10.2. The maximum Gasteiger partial charge on any atom is 0.261 e. The molecule has 0 spiro atoms. The Morgan fingerprint density at radius 1 is 1.39 bits per heavy atom. The summed E-state index contributed by atoms with van der Waals surface area (Å²) in [6, 6.07) is 0. The van der Waals surface area contributed by atoms with Crippen LogP contribution in [-0.4, -0.2) is 54.7 Å². The van der Waals surface area contributed by atoms with E-state index in [1.165, 1.54) is 0 Å². The molecule has 0 aromatic rings. The van der Waals surface area contributed by atoms with Crippen LogP contribution in [0.4, 0.5) is 8.78 Å². The Kier molecular flexibility index (Phi) is 4.50. The predicted octanol–water partition coefficient (Wildman–Crippen LogP) is 0.887. The SMILES string of the molecule is O=C(CCOCC(F)F)N1CC2CCC(O)C2C1. The van der Waals surface area contributed by atoms with Gasteiger partial charge in [-0.1, -0.05) is 0 Å². The molecule has 0 aromatic heterocycles. The molecule has 1 saturated carbocycles. The van der Waals surface area contributed by atoms with Gasteiger partial charge in [0.05, 0.1) is 19.1 Å². The lowest BCUT2D eigenvalue weighted by Gasteiger charge is -2.18. The van der Waals surface area contributed by atoms with E-state index in [2.05, 4.69) is 0 Å². The number of alkyl halides is 2. The number of carbonyl (C=O) groups excluding carboxylic acids is 1. The Bertz CT molecular complexity index is 301. The van der Waals surface area contributed by atoms with Gasteiger partial charge in [0.25, 0.3) is 6.43 Å². The molecule has 1 saturated heterocycles. The fraction of sp³-hybridized carbons (Fsp3) is 0.917. The number of fused-ring (bicyclic) bond motifs is 1. The van der Waals surface area contributed by atoms with E-state index in [4.69, 9.17) is 4.74 Å². The Balaban J connectivity index is 1.68. The summed E-state index contributed by atoms with van der Waals surface area (Å²) >= 11 is 0. The number of ether oxygens (including phenoxy) is 1. The number of aliphatic hydroxyl groups is 1. The minimum atomic E-state index is -2.48. The molecule has 0 radical (unpaired) electrons. The molecule has 2 fully saturated rings. The summed E-state index contributed by atoms with van der Waals surface area (Å²) in [5.41, 5.74) is 0. The lowest BCUT2D eigenvalue weighted by molar-refractivity contribution is -0.132. The minimum absolute atomic E-state index is 0.0392. The van der Waals surface area contributed by atoms with Gasteiger partial charge in [-0.15, -0.1) is 0 Å². The van der Waals surface area contributed by atoms with Crippen LogP contribution in [0, 0.1) is 11.8 Å². The highest BCUT2D eigenvalue weighted by Gasteiger charge is 2.42. The van der Waals surface area contributed by atoms with Crippen LogP contribution in [0.25, 0.3) is 0 Å². The zero-order valence-electron chi connectivity index (χ0n) is 10.2. The number of nitrogens with zero attached hydrogens (tertiary/aromatic N) is 1. The van der Waals surface area contributed by atoms with Gasteiger partial charge in [0.1, 0.15) is 6.61 Å². The molecule has 1 heterocycles. The van der Waals surface area contributed by atoms with Gasteiger partial charge >= 0.3 is 0 Å². The third-order valence-electron chi connectivity index (χ3n) is 3.88. The molecule has 6 heteroatoms. The molecule has 1 aliphatic carbocycles. The number of likely N-dealkylation sites (tertiary alicyclic amines) is 1. The molecular formula is C12H19F2NO3. The van der Waals surface area contributed by atoms with Gasteiger partial charge in [-0.25, -0.2) is 8.78 Å². The van der Waals surface area contributed by atoms with Gasteiger partial charge in [-0.3, -0.25) is 4.79 Å². The van der Waals surface area contributed by atoms with Crippen molar-refractivity contribution in [3.63, 3.8) is 0 Å². The third kappa shape index (κ3) is 3.17. The molecule has 0 bridgehead atoms. The van der Waals surface area contributed by atoms with E-state index in [0.29, 0.717) is 19.0 Å². The van der Waals surface area contributed by atoms with Gasteiger partial charge in [-0.05, 0) is 18.8 Å². The maximum absolute atomic E-state index is 11.8. The van der Waals surface area contributed by atoms with Crippen LogP contribution in [0.3, 0.4) is 0 Å². The van der Waals surface area contributed by atoms with E-state index >= 15 is 0 Å². The highest BCUT2D eigenvalue weighted by molar-refractivity contribution is 5.76. The zero-order chi connectivity index (χ0) is 13.1. The van der Waals surface area contributed by atoms with Crippen molar-refractivity contribution in [1.29, 1.82) is 0 Å². The Hall–Kier alpha value is -0.750. The van der Waals surface area contributed by atoms with Crippen LogP contribution in [0.2, 0.25) is 0 Å².